The van der Waals surface area contributed by atoms with Crippen LogP contribution in [0.2, 0.25) is 5.02 Å². The molecule has 2 aromatic rings. The van der Waals surface area contributed by atoms with E-state index in [0.29, 0.717) is 11.3 Å². The van der Waals surface area contributed by atoms with Gasteiger partial charge in [0.15, 0.2) is 0 Å². The van der Waals surface area contributed by atoms with E-state index in [9.17, 15) is 19.2 Å². The monoisotopic (exact) mass is 307 g/mol. The van der Waals surface area contributed by atoms with Gasteiger partial charge in [0.05, 0.1) is 0 Å². The first kappa shape index (κ1) is 15.5. The fourth-order valence-electron chi connectivity index (χ4n) is 1.81. The highest BCUT2D eigenvalue weighted by Crippen LogP contribution is 2.17. The van der Waals surface area contributed by atoms with Crippen molar-refractivity contribution in [2.45, 2.75) is 6.92 Å². The summed E-state index contributed by atoms with van der Waals surface area (Å²) in [5, 5.41) is 21.1. The molecule has 0 aliphatic carbocycles. The predicted molar refractivity (Wildman–Crippen MR) is 80.4 cm³/mol. The zero-order chi connectivity index (χ0) is 15.6. The third kappa shape index (κ3) is 3.61. The molecule has 0 radical (unpaired) electrons. The molecule has 21 heavy (non-hydrogen) atoms. The first-order chi connectivity index (χ1) is 9.88. The Bertz CT molecular complexity index is 694. The third-order valence-corrected chi connectivity index (χ3v) is 3.33. The second-order valence-electron chi connectivity index (χ2n) is 4.52. The van der Waals surface area contributed by atoms with Gasteiger partial charge in [-0.1, -0.05) is 17.7 Å². The number of anilines is 1. The predicted octanol–water partition coefficient (Wildman–Crippen LogP) is 1.72. The molecule has 108 valence electrons. The van der Waals surface area contributed by atoms with E-state index in [1.54, 1.807) is 13.0 Å². The topological polar surface area (TPSA) is 69.6 Å². The van der Waals surface area contributed by atoms with E-state index in [-0.39, 0.29) is 16.0 Å². The maximum atomic E-state index is 13.2. The van der Waals surface area contributed by atoms with Crippen LogP contribution < -0.4 is 10.8 Å². The first-order valence-electron chi connectivity index (χ1n) is 6.11. The van der Waals surface area contributed by atoms with Crippen molar-refractivity contribution >= 4 is 35.8 Å². The SMILES string of the molecule is Cc1ccc(F)cc1NC(=O)c1ccc(Cl)c(B(O)O)c1. The van der Waals surface area contributed by atoms with Gasteiger partial charge in [-0.2, -0.15) is 0 Å². The number of halogens is 2. The molecule has 2 aromatic carbocycles. The van der Waals surface area contributed by atoms with Crippen molar-refractivity contribution in [1.82, 2.24) is 0 Å². The maximum absolute atomic E-state index is 13.2. The van der Waals surface area contributed by atoms with E-state index in [1.807, 2.05) is 0 Å². The highest BCUT2D eigenvalue weighted by Gasteiger charge is 2.18. The Balaban J connectivity index is 2.28. The summed E-state index contributed by atoms with van der Waals surface area (Å²) in [4.78, 5) is 12.1. The van der Waals surface area contributed by atoms with Gasteiger partial charge in [0.1, 0.15) is 5.82 Å². The highest BCUT2D eigenvalue weighted by atomic mass is 35.5. The molecule has 7 heteroatoms. The van der Waals surface area contributed by atoms with Crippen LogP contribution >= 0.6 is 11.6 Å². The molecule has 0 saturated carbocycles. The zero-order valence-corrected chi connectivity index (χ0v) is 11.9. The summed E-state index contributed by atoms with van der Waals surface area (Å²) in [5.74, 6) is -0.958. The molecule has 0 heterocycles. The first-order valence-corrected chi connectivity index (χ1v) is 6.49. The Morgan fingerprint density at radius 1 is 1.24 bits per heavy atom. The van der Waals surface area contributed by atoms with Gasteiger partial charge in [-0.25, -0.2) is 4.39 Å². The molecule has 0 saturated heterocycles. The molecule has 0 atom stereocenters. The second-order valence-corrected chi connectivity index (χ2v) is 4.93. The van der Waals surface area contributed by atoms with Gasteiger partial charge in [-0.05, 0) is 42.8 Å². The number of hydrogen-bond acceptors (Lipinski definition) is 3. The summed E-state index contributed by atoms with van der Waals surface area (Å²) in [6.45, 7) is 1.74. The average Bonchev–Trinajstić information content (AvgIpc) is 2.43. The van der Waals surface area contributed by atoms with Gasteiger partial charge < -0.3 is 15.4 Å². The van der Waals surface area contributed by atoms with Crippen molar-refractivity contribution < 1.29 is 19.2 Å². The second kappa shape index (κ2) is 6.26. The summed E-state index contributed by atoms with van der Waals surface area (Å²) in [5.41, 5.74) is 1.27. The molecule has 3 N–H and O–H groups in total. The van der Waals surface area contributed by atoms with Crippen molar-refractivity contribution in [2.24, 2.45) is 0 Å². The number of rotatable bonds is 3. The molecule has 0 fully saturated rings. The lowest BCUT2D eigenvalue weighted by Gasteiger charge is -2.10. The third-order valence-electron chi connectivity index (χ3n) is 2.98. The minimum Gasteiger partial charge on any atom is -0.423 e. The van der Waals surface area contributed by atoms with E-state index in [1.165, 1.54) is 30.3 Å². The molecule has 0 unspecified atom stereocenters. The normalized spacial score (nSPS) is 10.3. The number of amides is 1. The van der Waals surface area contributed by atoms with Gasteiger partial charge in [-0.3, -0.25) is 4.79 Å². The minimum atomic E-state index is -1.78. The molecule has 0 aliphatic heterocycles. The maximum Gasteiger partial charge on any atom is 0.489 e. The molecule has 1 amide bonds. The van der Waals surface area contributed by atoms with Gasteiger partial charge >= 0.3 is 7.12 Å². The average molecular weight is 308 g/mol. The van der Waals surface area contributed by atoms with E-state index >= 15 is 0 Å². The standard InChI is InChI=1S/C14H12BClFNO3/c1-8-2-4-10(17)7-13(8)18-14(19)9-3-5-12(16)11(6-9)15(20)21/h2-7,20-21H,1H3,(H,18,19). The van der Waals surface area contributed by atoms with Gasteiger partial charge in [-0.15, -0.1) is 0 Å². The van der Waals surface area contributed by atoms with Crippen molar-refractivity contribution in [3.8, 4) is 0 Å². The molecule has 0 aliphatic rings. The lowest BCUT2D eigenvalue weighted by atomic mass is 9.79. The zero-order valence-electron chi connectivity index (χ0n) is 11.1. The van der Waals surface area contributed by atoms with Crippen molar-refractivity contribution in [1.29, 1.82) is 0 Å². The van der Waals surface area contributed by atoms with Crippen molar-refractivity contribution in [2.75, 3.05) is 5.32 Å². The van der Waals surface area contributed by atoms with Crippen LogP contribution in [0.1, 0.15) is 15.9 Å². The Morgan fingerprint density at radius 3 is 2.62 bits per heavy atom. The van der Waals surface area contributed by atoms with Crippen molar-refractivity contribution in [3.05, 3.63) is 58.4 Å². The number of hydrogen-bond donors (Lipinski definition) is 3. The summed E-state index contributed by atoms with van der Waals surface area (Å²) in [6, 6.07) is 8.17. The van der Waals surface area contributed by atoms with E-state index < -0.39 is 18.8 Å². The summed E-state index contributed by atoms with van der Waals surface area (Å²) in [7, 11) is -1.78. The molecule has 0 bridgehead atoms. The minimum absolute atomic E-state index is 0.0280. The van der Waals surface area contributed by atoms with Crippen LogP contribution in [0, 0.1) is 12.7 Å². The number of benzene rings is 2. The lowest BCUT2D eigenvalue weighted by molar-refractivity contribution is 0.102. The number of carbonyl (C=O) groups is 1. The van der Waals surface area contributed by atoms with Crippen LogP contribution in [0.15, 0.2) is 36.4 Å². The van der Waals surface area contributed by atoms with Gasteiger partial charge in [0.25, 0.3) is 5.91 Å². The largest absolute Gasteiger partial charge is 0.489 e. The summed E-state index contributed by atoms with van der Waals surface area (Å²) in [6.07, 6.45) is 0. The quantitative estimate of drug-likeness (QED) is 0.756. The molecule has 0 aromatic heterocycles. The summed E-state index contributed by atoms with van der Waals surface area (Å²) >= 11 is 5.80. The van der Waals surface area contributed by atoms with E-state index in [4.69, 9.17) is 11.6 Å². The molecular formula is C14H12BClFNO3. The van der Waals surface area contributed by atoms with E-state index in [2.05, 4.69) is 5.32 Å². The Hall–Kier alpha value is -1.89. The highest BCUT2D eigenvalue weighted by molar-refractivity contribution is 6.62. The Kier molecular flexibility index (Phi) is 4.62. The summed E-state index contributed by atoms with van der Waals surface area (Å²) < 4.78 is 13.2. The van der Waals surface area contributed by atoms with E-state index in [0.717, 1.165) is 0 Å². The van der Waals surface area contributed by atoms with Gasteiger partial charge in [0.2, 0.25) is 0 Å². The molecular weight excluding hydrogens is 295 g/mol. The van der Waals surface area contributed by atoms with Crippen LogP contribution in [0.25, 0.3) is 0 Å². The molecule has 0 spiro atoms. The van der Waals surface area contributed by atoms with Crippen LogP contribution in [0.4, 0.5) is 10.1 Å². The molecule has 2 rings (SSSR count). The lowest BCUT2D eigenvalue weighted by Crippen LogP contribution is -2.32. The van der Waals surface area contributed by atoms with Gasteiger partial charge in [0, 0.05) is 21.7 Å². The fraction of sp³-hybridized carbons (Fsp3) is 0.0714. The van der Waals surface area contributed by atoms with Crippen LogP contribution in [0.3, 0.4) is 0 Å². The number of nitrogens with one attached hydrogen (secondary N) is 1. The fourth-order valence-corrected chi connectivity index (χ4v) is 2.02. The smallest absolute Gasteiger partial charge is 0.423 e. The molecule has 4 nitrogen and oxygen atoms in total. The number of aryl methyl sites for hydroxylation is 1. The van der Waals surface area contributed by atoms with Crippen LogP contribution in [0.5, 0.6) is 0 Å². The van der Waals surface area contributed by atoms with Crippen LogP contribution in [-0.2, 0) is 0 Å². The van der Waals surface area contributed by atoms with Crippen molar-refractivity contribution in [3.63, 3.8) is 0 Å². The Labute approximate surface area is 126 Å². The number of carbonyl (C=O) groups excluding carboxylic acids is 1. The Morgan fingerprint density at radius 2 is 1.95 bits per heavy atom. The van der Waals surface area contributed by atoms with Crippen LogP contribution in [-0.4, -0.2) is 23.1 Å².